The van der Waals surface area contributed by atoms with Crippen LogP contribution in [0.3, 0.4) is 0 Å². The molecule has 0 saturated heterocycles. The molecule has 2 N–H and O–H groups in total. The lowest BCUT2D eigenvalue weighted by molar-refractivity contribution is -0.135. The molecule has 0 aromatic heterocycles. The van der Waals surface area contributed by atoms with Crippen molar-refractivity contribution in [2.45, 2.75) is 52.6 Å². The highest BCUT2D eigenvalue weighted by atomic mass is 16.3. The lowest BCUT2D eigenvalue weighted by Crippen LogP contribution is -2.48. The van der Waals surface area contributed by atoms with Crippen LogP contribution in [-0.2, 0) is 4.79 Å². The van der Waals surface area contributed by atoms with Crippen molar-refractivity contribution in [1.29, 1.82) is 0 Å². The Morgan fingerprint density at radius 3 is 2.50 bits per heavy atom. The van der Waals surface area contributed by atoms with Gasteiger partial charge in [-0.1, -0.05) is 27.2 Å². The predicted molar refractivity (Wildman–Crippen MR) is 67.9 cm³/mol. The van der Waals surface area contributed by atoms with E-state index < -0.39 is 6.10 Å². The minimum atomic E-state index is -0.442. The molecule has 3 rings (SSSR count). The van der Waals surface area contributed by atoms with Gasteiger partial charge in [-0.05, 0) is 23.7 Å². The number of carbonyl (C=O) groups is 1. The molecule has 6 unspecified atom stereocenters. The zero-order valence-electron chi connectivity index (χ0n) is 11.6. The predicted octanol–water partition coefficient (Wildman–Crippen LogP) is 1.76. The Bertz CT molecular complexity index is 407. The first-order valence-electron chi connectivity index (χ1n) is 7.12. The molecule has 3 nitrogen and oxygen atoms in total. The summed E-state index contributed by atoms with van der Waals surface area (Å²) >= 11 is 0. The quantitative estimate of drug-likeness (QED) is 0.747. The number of aliphatic hydroxyl groups is 2. The van der Waals surface area contributed by atoms with Crippen LogP contribution in [0.5, 0.6) is 0 Å². The number of ketones is 1. The molecule has 102 valence electrons. The average molecular weight is 252 g/mol. The summed E-state index contributed by atoms with van der Waals surface area (Å²) in [5.74, 6) is 0.218. The summed E-state index contributed by atoms with van der Waals surface area (Å²) in [6, 6.07) is 0. The highest BCUT2D eigenvalue weighted by Gasteiger charge is 2.74. The van der Waals surface area contributed by atoms with E-state index >= 15 is 0 Å². The second kappa shape index (κ2) is 3.37. The Hall–Kier alpha value is -0.410. The first-order chi connectivity index (χ1) is 8.30. The second-order valence-electron chi connectivity index (χ2n) is 7.59. The van der Waals surface area contributed by atoms with Gasteiger partial charge in [0.1, 0.15) is 5.78 Å². The lowest BCUT2D eigenvalue weighted by Gasteiger charge is -2.44. The number of carbonyl (C=O) groups excluding carboxylic acids is 1. The monoisotopic (exact) mass is 252 g/mol. The fourth-order valence-corrected chi connectivity index (χ4v) is 5.44. The molecular weight excluding hydrogens is 228 g/mol. The summed E-state index contributed by atoms with van der Waals surface area (Å²) in [5.41, 5.74) is -0.646. The first-order valence-corrected chi connectivity index (χ1v) is 7.12. The van der Waals surface area contributed by atoms with E-state index in [1.807, 2.05) is 6.92 Å². The maximum atomic E-state index is 12.4. The third-order valence-electron chi connectivity index (χ3n) is 6.84. The Balaban J connectivity index is 2.17. The van der Waals surface area contributed by atoms with Crippen LogP contribution in [0, 0.1) is 28.1 Å². The van der Waals surface area contributed by atoms with Gasteiger partial charge in [-0.3, -0.25) is 4.79 Å². The van der Waals surface area contributed by atoms with Crippen LogP contribution in [0.15, 0.2) is 0 Å². The summed E-state index contributed by atoms with van der Waals surface area (Å²) in [6.07, 6.45) is 3.05. The molecular formula is C15H24O3. The molecule has 18 heavy (non-hydrogen) atoms. The fourth-order valence-electron chi connectivity index (χ4n) is 5.44. The topological polar surface area (TPSA) is 57.5 Å². The van der Waals surface area contributed by atoms with E-state index in [0.29, 0.717) is 12.2 Å². The molecule has 4 bridgehead atoms. The van der Waals surface area contributed by atoms with Crippen LogP contribution >= 0.6 is 0 Å². The zero-order valence-corrected chi connectivity index (χ0v) is 11.6. The molecule has 3 saturated carbocycles. The van der Waals surface area contributed by atoms with Crippen LogP contribution in [-0.4, -0.2) is 28.7 Å². The molecule has 0 amide bonds. The van der Waals surface area contributed by atoms with Crippen LogP contribution in [0.4, 0.5) is 0 Å². The Morgan fingerprint density at radius 1 is 1.22 bits per heavy atom. The van der Waals surface area contributed by atoms with E-state index in [1.54, 1.807) is 0 Å². The number of hydrogen-bond donors (Lipinski definition) is 2. The molecule has 3 aliphatic carbocycles. The van der Waals surface area contributed by atoms with Crippen LogP contribution in [0.25, 0.3) is 0 Å². The molecule has 0 heterocycles. The third kappa shape index (κ3) is 1.11. The van der Waals surface area contributed by atoms with Crippen molar-refractivity contribution in [3.63, 3.8) is 0 Å². The lowest BCUT2D eigenvalue weighted by atomic mass is 9.62. The average Bonchev–Trinajstić information content (AvgIpc) is 2.53. The highest BCUT2D eigenvalue weighted by Crippen LogP contribution is 2.72. The maximum Gasteiger partial charge on any atom is 0.137 e. The standard InChI is InChI=1S/C15H24O3/c1-13(8-16)5-4-6-14(2)10-9(17)7-15(14,3)12(18)11(10)13/h10-12,16,18H,4-8H2,1-3H3. The molecule has 6 atom stereocenters. The molecule has 0 aliphatic heterocycles. The molecule has 3 fully saturated rings. The van der Waals surface area contributed by atoms with Gasteiger partial charge in [0.2, 0.25) is 0 Å². The van der Waals surface area contributed by atoms with Crippen molar-refractivity contribution >= 4 is 5.78 Å². The molecule has 0 aromatic rings. The molecule has 0 aromatic carbocycles. The SMILES string of the molecule is CC1(CO)CCCC2(C)C3C(=O)CC2(C)C(O)C31. The van der Waals surface area contributed by atoms with Gasteiger partial charge >= 0.3 is 0 Å². The zero-order chi connectivity index (χ0) is 13.3. The third-order valence-corrected chi connectivity index (χ3v) is 6.84. The van der Waals surface area contributed by atoms with Crippen molar-refractivity contribution in [1.82, 2.24) is 0 Å². The normalized spacial score (nSPS) is 58.9. The summed E-state index contributed by atoms with van der Waals surface area (Å²) in [6.45, 7) is 6.39. The van der Waals surface area contributed by atoms with Crippen molar-refractivity contribution in [3.8, 4) is 0 Å². The smallest absolute Gasteiger partial charge is 0.137 e. The Labute approximate surface area is 109 Å². The summed E-state index contributed by atoms with van der Waals surface area (Å²) in [4.78, 5) is 12.4. The first kappa shape index (κ1) is 12.6. The van der Waals surface area contributed by atoms with E-state index in [2.05, 4.69) is 13.8 Å². The Kier molecular flexibility index (Phi) is 2.36. The van der Waals surface area contributed by atoms with Gasteiger partial charge in [0.05, 0.1) is 6.10 Å². The van der Waals surface area contributed by atoms with Gasteiger partial charge < -0.3 is 10.2 Å². The number of rotatable bonds is 1. The van der Waals surface area contributed by atoms with E-state index in [9.17, 15) is 15.0 Å². The van der Waals surface area contributed by atoms with Crippen LogP contribution in [0.1, 0.15) is 46.5 Å². The molecule has 3 aliphatic rings. The van der Waals surface area contributed by atoms with Gasteiger partial charge in [-0.15, -0.1) is 0 Å². The van der Waals surface area contributed by atoms with Crippen LogP contribution < -0.4 is 0 Å². The molecule has 0 radical (unpaired) electrons. The van der Waals surface area contributed by atoms with Crippen molar-refractivity contribution in [2.75, 3.05) is 6.61 Å². The van der Waals surface area contributed by atoms with Crippen molar-refractivity contribution < 1.29 is 15.0 Å². The minimum absolute atomic E-state index is 0.0443. The van der Waals surface area contributed by atoms with Crippen LogP contribution in [0.2, 0.25) is 0 Å². The van der Waals surface area contributed by atoms with Gasteiger partial charge in [-0.2, -0.15) is 0 Å². The summed E-state index contributed by atoms with van der Waals surface area (Å²) in [7, 11) is 0. The number of hydrogen-bond acceptors (Lipinski definition) is 3. The number of Topliss-reactive ketones (excluding diaryl/α,β-unsaturated/α-hetero) is 1. The van der Waals surface area contributed by atoms with E-state index in [-0.39, 0.29) is 34.7 Å². The van der Waals surface area contributed by atoms with Gasteiger partial charge in [0.15, 0.2) is 0 Å². The van der Waals surface area contributed by atoms with Gasteiger partial charge in [0, 0.05) is 30.3 Å². The maximum absolute atomic E-state index is 12.4. The largest absolute Gasteiger partial charge is 0.396 e. The highest BCUT2D eigenvalue weighted by molar-refractivity contribution is 5.87. The van der Waals surface area contributed by atoms with E-state index in [1.165, 1.54) is 0 Å². The summed E-state index contributed by atoms with van der Waals surface area (Å²) < 4.78 is 0. The van der Waals surface area contributed by atoms with Crippen molar-refractivity contribution in [2.24, 2.45) is 28.1 Å². The van der Waals surface area contributed by atoms with E-state index in [0.717, 1.165) is 19.3 Å². The van der Waals surface area contributed by atoms with E-state index in [4.69, 9.17) is 0 Å². The number of aliphatic hydroxyl groups excluding tert-OH is 2. The molecule has 3 heteroatoms. The molecule has 0 spiro atoms. The fraction of sp³-hybridized carbons (Fsp3) is 0.933. The van der Waals surface area contributed by atoms with Crippen molar-refractivity contribution in [3.05, 3.63) is 0 Å². The second-order valence-corrected chi connectivity index (χ2v) is 7.59. The van der Waals surface area contributed by atoms with Gasteiger partial charge in [0.25, 0.3) is 0 Å². The minimum Gasteiger partial charge on any atom is -0.396 e. The Morgan fingerprint density at radius 2 is 1.89 bits per heavy atom. The van der Waals surface area contributed by atoms with Gasteiger partial charge in [-0.25, -0.2) is 0 Å². The summed E-state index contributed by atoms with van der Waals surface area (Å²) in [5, 5.41) is 20.5.